The summed E-state index contributed by atoms with van der Waals surface area (Å²) in [5.41, 5.74) is 0. The predicted octanol–water partition coefficient (Wildman–Crippen LogP) is 21.1. The highest BCUT2D eigenvalue weighted by Gasteiger charge is 2.20. The molecule has 1 amide bonds. The number of esters is 1. The largest absolute Gasteiger partial charge is 0.466 e. The van der Waals surface area contributed by atoms with Crippen LogP contribution in [0.4, 0.5) is 0 Å². The Bertz CT molecular complexity index is 1200. The highest BCUT2D eigenvalue weighted by molar-refractivity contribution is 5.76. The van der Waals surface area contributed by atoms with E-state index in [2.05, 4.69) is 55.6 Å². The lowest BCUT2D eigenvalue weighted by Gasteiger charge is -2.22. The molecule has 0 aromatic carbocycles. The van der Waals surface area contributed by atoms with Gasteiger partial charge in [0.2, 0.25) is 5.91 Å². The first-order chi connectivity index (χ1) is 36.5. The predicted molar refractivity (Wildman–Crippen MR) is 324 cm³/mol. The average Bonchev–Trinajstić information content (AvgIpc) is 3.40. The maximum atomic E-state index is 12.5. The van der Waals surface area contributed by atoms with E-state index in [4.69, 9.17) is 4.74 Å². The van der Waals surface area contributed by atoms with E-state index in [-0.39, 0.29) is 18.5 Å². The Hall–Kier alpha value is -1.92. The maximum absolute atomic E-state index is 12.5. The number of allylic oxidation sites excluding steroid dienone is 6. The van der Waals surface area contributed by atoms with E-state index in [0.717, 1.165) is 51.4 Å². The molecule has 2 atom stereocenters. The van der Waals surface area contributed by atoms with E-state index in [0.29, 0.717) is 25.9 Å². The zero-order valence-corrected chi connectivity index (χ0v) is 49.8. The molecule has 6 nitrogen and oxygen atoms in total. The van der Waals surface area contributed by atoms with E-state index in [1.54, 1.807) is 0 Å². The minimum absolute atomic E-state index is 0.000307. The molecule has 0 fully saturated rings. The average molecular weight is 1040 g/mol. The quantitative estimate of drug-likeness (QED) is 0.0320. The smallest absolute Gasteiger partial charge is 0.305 e. The number of rotatable bonds is 62. The molecule has 0 rings (SSSR count). The van der Waals surface area contributed by atoms with Gasteiger partial charge in [-0.15, -0.1) is 0 Å². The molecule has 0 aliphatic carbocycles. The van der Waals surface area contributed by atoms with Crippen LogP contribution in [-0.2, 0) is 14.3 Å². The van der Waals surface area contributed by atoms with Crippen molar-refractivity contribution in [2.24, 2.45) is 0 Å². The van der Waals surface area contributed by atoms with E-state index in [1.807, 2.05) is 0 Å². The van der Waals surface area contributed by atoms with Crippen molar-refractivity contribution < 1.29 is 24.5 Å². The number of amides is 1. The third kappa shape index (κ3) is 59.3. The fourth-order valence-corrected chi connectivity index (χ4v) is 10.3. The van der Waals surface area contributed by atoms with Gasteiger partial charge >= 0.3 is 5.97 Å². The van der Waals surface area contributed by atoms with Gasteiger partial charge in [-0.1, -0.05) is 307 Å². The van der Waals surface area contributed by atoms with Gasteiger partial charge in [0.25, 0.3) is 0 Å². The van der Waals surface area contributed by atoms with Crippen molar-refractivity contribution in [1.29, 1.82) is 0 Å². The Kier molecular flexibility index (Phi) is 62.0. The van der Waals surface area contributed by atoms with Crippen molar-refractivity contribution in [1.82, 2.24) is 5.32 Å². The van der Waals surface area contributed by atoms with Gasteiger partial charge in [-0.3, -0.25) is 9.59 Å². The summed E-state index contributed by atoms with van der Waals surface area (Å²) in [7, 11) is 0. The molecule has 0 bridgehead atoms. The Morgan fingerprint density at radius 3 is 1.08 bits per heavy atom. The molecule has 0 aliphatic heterocycles. The summed E-state index contributed by atoms with van der Waals surface area (Å²) in [5.74, 6) is -0.0354. The second-order valence-corrected chi connectivity index (χ2v) is 22.8. The first-order valence-electron chi connectivity index (χ1n) is 33.2. The second-order valence-electron chi connectivity index (χ2n) is 22.8. The van der Waals surface area contributed by atoms with Crippen molar-refractivity contribution in [3.05, 3.63) is 36.5 Å². The lowest BCUT2D eigenvalue weighted by molar-refractivity contribution is -0.143. The molecule has 3 N–H and O–H groups in total. The van der Waals surface area contributed by atoms with Gasteiger partial charge in [0, 0.05) is 12.8 Å². The Balaban J connectivity index is 3.43. The number of aliphatic hydroxyl groups is 2. The van der Waals surface area contributed by atoms with Gasteiger partial charge in [0.15, 0.2) is 0 Å². The van der Waals surface area contributed by atoms with Crippen LogP contribution >= 0.6 is 0 Å². The van der Waals surface area contributed by atoms with Gasteiger partial charge in [-0.25, -0.2) is 0 Å². The molecule has 0 spiro atoms. The van der Waals surface area contributed by atoms with Crippen LogP contribution in [0.2, 0.25) is 0 Å². The molecule has 6 heteroatoms. The summed E-state index contributed by atoms with van der Waals surface area (Å²) >= 11 is 0. The molecule has 436 valence electrons. The van der Waals surface area contributed by atoms with E-state index >= 15 is 0 Å². The minimum Gasteiger partial charge on any atom is -0.466 e. The van der Waals surface area contributed by atoms with Crippen molar-refractivity contribution >= 4 is 11.9 Å². The molecule has 0 heterocycles. The summed E-state index contributed by atoms with van der Waals surface area (Å²) in [5, 5.41) is 23.4. The Labute approximate surface area is 462 Å². The third-order valence-corrected chi connectivity index (χ3v) is 15.4. The van der Waals surface area contributed by atoms with Crippen LogP contribution in [0, 0.1) is 0 Å². The van der Waals surface area contributed by atoms with Crippen molar-refractivity contribution in [3.63, 3.8) is 0 Å². The van der Waals surface area contributed by atoms with Crippen LogP contribution in [-0.4, -0.2) is 47.4 Å². The summed E-state index contributed by atoms with van der Waals surface area (Å²) in [6.45, 7) is 4.93. The van der Waals surface area contributed by atoms with Gasteiger partial charge in [-0.2, -0.15) is 0 Å². The number of aliphatic hydroxyl groups excluding tert-OH is 2. The van der Waals surface area contributed by atoms with E-state index in [9.17, 15) is 19.8 Å². The number of hydrogen-bond acceptors (Lipinski definition) is 5. The first-order valence-corrected chi connectivity index (χ1v) is 33.2. The number of carbonyl (C=O) groups excluding carboxylic acids is 2. The monoisotopic (exact) mass is 1040 g/mol. The normalized spacial score (nSPS) is 12.8. The standard InChI is InChI=1S/C68H129NO5/c1-3-5-7-9-11-13-15-16-17-18-28-31-34-37-41-44-48-52-56-60-66(71)65(64-70)69-67(72)61-57-53-49-45-42-38-35-32-29-26-24-22-20-19-21-23-25-27-30-33-36-39-43-47-51-55-59-63-74-68(73)62-58-54-50-46-40-14-12-10-8-6-4-2/h10,12,19-20,23,25,65-66,70-71H,3-9,11,13-18,21-22,24,26-64H2,1-2H3,(H,69,72)/b12-10-,20-19-,25-23-. The number of hydrogen-bond donors (Lipinski definition) is 3. The zero-order chi connectivity index (χ0) is 53.6. The van der Waals surface area contributed by atoms with E-state index in [1.165, 1.54) is 276 Å². The van der Waals surface area contributed by atoms with Gasteiger partial charge in [-0.05, 0) is 77.0 Å². The zero-order valence-electron chi connectivity index (χ0n) is 49.8. The molecule has 2 unspecified atom stereocenters. The maximum Gasteiger partial charge on any atom is 0.305 e. The lowest BCUT2D eigenvalue weighted by atomic mass is 10.0. The number of ether oxygens (including phenoxy) is 1. The molecule has 0 aliphatic rings. The molecule has 0 saturated heterocycles. The van der Waals surface area contributed by atoms with Crippen LogP contribution in [0.3, 0.4) is 0 Å². The van der Waals surface area contributed by atoms with E-state index < -0.39 is 12.1 Å². The molecule has 0 aromatic rings. The highest BCUT2D eigenvalue weighted by atomic mass is 16.5. The molecular weight excluding hydrogens is 911 g/mol. The van der Waals surface area contributed by atoms with Gasteiger partial charge in [0.1, 0.15) is 0 Å². The molecule has 0 aromatic heterocycles. The Morgan fingerprint density at radius 1 is 0.378 bits per heavy atom. The summed E-state index contributed by atoms with van der Waals surface area (Å²) < 4.78 is 5.46. The summed E-state index contributed by atoms with van der Waals surface area (Å²) in [6, 6.07) is -0.545. The van der Waals surface area contributed by atoms with Crippen molar-refractivity contribution in [2.75, 3.05) is 13.2 Å². The molecule has 0 saturated carbocycles. The summed E-state index contributed by atoms with van der Waals surface area (Å²) in [4.78, 5) is 24.5. The lowest BCUT2D eigenvalue weighted by Crippen LogP contribution is -2.45. The van der Waals surface area contributed by atoms with Crippen LogP contribution in [0.25, 0.3) is 0 Å². The van der Waals surface area contributed by atoms with Gasteiger partial charge in [0.05, 0.1) is 25.4 Å². The van der Waals surface area contributed by atoms with Crippen LogP contribution < -0.4 is 5.32 Å². The van der Waals surface area contributed by atoms with Crippen LogP contribution in [0.1, 0.15) is 361 Å². The van der Waals surface area contributed by atoms with Crippen molar-refractivity contribution in [2.45, 2.75) is 373 Å². The fraction of sp³-hybridized carbons (Fsp3) is 0.882. The molecule has 74 heavy (non-hydrogen) atoms. The highest BCUT2D eigenvalue weighted by Crippen LogP contribution is 2.18. The Morgan fingerprint density at radius 2 is 0.689 bits per heavy atom. The first kappa shape index (κ1) is 72.1. The van der Waals surface area contributed by atoms with Crippen molar-refractivity contribution in [3.8, 4) is 0 Å². The minimum atomic E-state index is -0.667. The van der Waals surface area contributed by atoms with Gasteiger partial charge < -0.3 is 20.3 Å². The number of nitrogens with one attached hydrogen (secondary N) is 1. The SMILES string of the molecule is CCCC/C=C\CCCCCCCC(=O)OCCCCCCCCCCC/C=C\C/C=C\CCCCCCCCCCCCCC(=O)NC(CO)C(O)CCCCCCCCCCCCCCCCCCCCC. The molecular formula is C68H129NO5. The van der Waals surface area contributed by atoms with Crippen LogP contribution in [0.15, 0.2) is 36.5 Å². The number of unbranched alkanes of at least 4 members (excludes halogenated alkanes) is 45. The second kappa shape index (κ2) is 63.6. The third-order valence-electron chi connectivity index (χ3n) is 15.4. The molecule has 0 radical (unpaired) electrons. The number of carbonyl (C=O) groups is 2. The summed E-state index contributed by atoms with van der Waals surface area (Å²) in [6.07, 6.45) is 80.3. The fourth-order valence-electron chi connectivity index (χ4n) is 10.3. The van der Waals surface area contributed by atoms with Crippen LogP contribution in [0.5, 0.6) is 0 Å². The topological polar surface area (TPSA) is 95.9 Å².